The number of hydrogen-bond acceptors (Lipinski definition) is 1. The Labute approximate surface area is 91.8 Å². The van der Waals surface area contributed by atoms with Crippen molar-refractivity contribution in [2.24, 2.45) is 0 Å². The Morgan fingerprint density at radius 1 is 1.29 bits per heavy atom. The van der Waals surface area contributed by atoms with E-state index in [2.05, 4.69) is 21.2 Å². The fourth-order valence-corrected chi connectivity index (χ4v) is 2.08. The molecular formula is C11H13BrFN. The molecule has 0 radical (unpaired) electrons. The first-order valence-electron chi connectivity index (χ1n) is 4.88. The van der Waals surface area contributed by atoms with Gasteiger partial charge in [0.1, 0.15) is 6.17 Å². The summed E-state index contributed by atoms with van der Waals surface area (Å²) in [5.41, 5.74) is 1.18. The highest BCUT2D eigenvalue weighted by Gasteiger charge is 2.21. The van der Waals surface area contributed by atoms with E-state index in [1.54, 1.807) is 0 Å². The van der Waals surface area contributed by atoms with Gasteiger partial charge in [-0.2, -0.15) is 0 Å². The van der Waals surface area contributed by atoms with Crippen molar-refractivity contribution in [2.75, 3.05) is 6.54 Å². The van der Waals surface area contributed by atoms with Gasteiger partial charge in [0.15, 0.2) is 0 Å². The SMILES string of the molecule is FC1CCNC(c2ccc(Br)cc2)C1. The van der Waals surface area contributed by atoms with Crippen LogP contribution in [-0.2, 0) is 0 Å². The fraction of sp³-hybridized carbons (Fsp3) is 0.455. The Hall–Kier alpha value is -0.410. The molecule has 1 saturated heterocycles. The van der Waals surface area contributed by atoms with Crippen LogP contribution in [0, 0.1) is 0 Å². The van der Waals surface area contributed by atoms with Crippen LogP contribution < -0.4 is 5.32 Å². The third kappa shape index (κ3) is 2.34. The minimum absolute atomic E-state index is 0.187. The second kappa shape index (κ2) is 4.41. The quantitative estimate of drug-likeness (QED) is 0.815. The molecule has 1 aromatic carbocycles. The molecule has 1 aliphatic heterocycles. The van der Waals surface area contributed by atoms with E-state index in [0.29, 0.717) is 12.8 Å². The van der Waals surface area contributed by atoms with Gasteiger partial charge in [-0.05, 0) is 37.1 Å². The highest BCUT2D eigenvalue weighted by Crippen LogP contribution is 2.25. The van der Waals surface area contributed by atoms with Gasteiger partial charge < -0.3 is 5.32 Å². The van der Waals surface area contributed by atoms with Crippen LogP contribution in [0.4, 0.5) is 4.39 Å². The van der Waals surface area contributed by atoms with Crippen molar-refractivity contribution in [3.63, 3.8) is 0 Å². The van der Waals surface area contributed by atoms with E-state index in [1.165, 1.54) is 5.56 Å². The van der Waals surface area contributed by atoms with Crippen LogP contribution in [0.2, 0.25) is 0 Å². The summed E-state index contributed by atoms with van der Waals surface area (Å²) in [6, 6.07) is 8.27. The summed E-state index contributed by atoms with van der Waals surface area (Å²) in [4.78, 5) is 0. The summed E-state index contributed by atoms with van der Waals surface area (Å²) in [6.45, 7) is 0.780. The molecule has 76 valence electrons. The normalized spacial score (nSPS) is 27.6. The highest BCUT2D eigenvalue weighted by molar-refractivity contribution is 9.10. The molecule has 2 atom stereocenters. The van der Waals surface area contributed by atoms with Crippen LogP contribution >= 0.6 is 15.9 Å². The van der Waals surface area contributed by atoms with Gasteiger partial charge in [0, 0.05) is 10.5 Å². The molecule has 0 spiro atoms. The molecule has 0 aromatic heterocycles. The molecule has 1 fully saturated rings. The van der Waals surface area contributed by atoms with E-state index >= 15 is 0 Å². The molecule has 3 heteroatoms. The summed E-state index contributed by atoms with van der Waals surface area (Å²) in [5, 5.41) is 3.33. The summed E-state index contributed by atoms with van der Waals surface area (Å²) >= 11 is 3.39. The number of hydrogen-bond donors (Lipinski definition) is 1. The van der Waals surface area contributed by atoms with Gasteiger partial charge in [-0.15, -0.1) is 0 Å². The minimum atomic E-state index is -0.648. The predicted octanol–water partition coefficient (Wildman–Crippen LogP) is 3.21. The molecule has 0 amide bonds. The summed E-state index contributed by atoms with van der Waals surface area (Å²) in [7, 11) is 0. The van der Waals surface area contributed by atoms with Gasteiger partial charge >= 0.3 is 0 Å². The number of halogens is 2. The molecule has 1 aromatic rings. The summed E-state index contributed by atoms with van der Waals surface area (Å²) < 4.78 is 14.2. The lowest BCUT2D eigenvalue weighted by Crippen LogP contribution is -2.32. The maximum absolute atomic E-state index is 13.1. The molecule has 14 heavy (non-hydrogen) atoms. The Bertz CT molecular complexity index is 299. The van der Waals surface area contributed by atoms with Crippen LogP contribution in [0.25, 0.3) is 0 Å². The van der Waals surface area contributed by atoms with Crippen LogP contribution in [0.5, 0.6) is 0 Å². The topological polar surface area (TPSA) is 12.0 Å². The largest absolute Gasteiger partial charge is 0.310 e. The monoisotopic (exact) mass is 257 g/mol. The average molecular weight is 258 g/mol. The Kier molecular flexibility index (Phi) is 3.19. The lowest BCUT2D eigenvalue weighted by Gasteiger charge is -2.26. The smallest absolute Gasteiger partial charge is 0.103 e. The predicted molar refractivity (Wildman–Crippen MR) is 59.0 cm³/mol. The van der Waals surface area contributed by atoms with Crippen molar-refractivity contribution >= 4 is 15.9 Å². The molecule has 0 saturated carbocycles. The molecule has 1 aliphatic rings. The number of alkyl halides is 1. The van der Waals surface area contributed by atoms with Crippen molar-refractivity contribution in [3.8, 4) is 0 Å². The third-order valence-electron chi connectivity index (χ3n) is 2.61. The van der Waals surface area contributed by atoms with E-state index < -0.39 is 6.17 Å². The van der Waals surface area contributed by atoms with E-state index in [9.17, 15) is 4.39 Å². The lowest BCUT2D eigenvalue weighted by molar-refractivity contribution is 0.224. The van der Waals surface area contributed by atoms with Crippen LogP contribution in [0.15, 0.2) is 28.7 Å². The van der Waals surface area contributed by atoms with Crippen molar-refractivity contribution < 1.29 is 4.39 Å². The highest BCUT2D eigenvalue weighted by atomic mass is 79.9. The van der Waals surface area contributed by atoms with Crippen molar-refractivity contribution in [1.82, 2.24) is 5.32 Å². The lowest BCUT2D eigenvalue weighted by atomic mass is 9.96. The molecule has 2 unspecified atom stereocenters. The Morgan fingerprint density at radius 2 is 2.00 bits per heavy atom. The summed E-state index contributed by atoms with van der Waals surface area (Å²) in [5.74, 6) is 0. The minimum Gasteiger partial charge on any atom is -0.310 e. The zero-order valence-corrected chi connectivity index (χ0v) is 9.43. The number of nitrogens with one attached hydrogen (secondary N) is 1. The molecule has 2 rings (SSSR count). The maximum Gasteiger partial charge on any atom is 0.103 e. The first kappa shape index (κ1) is 10.1. The van der Waals surface area contributed by atoms with Crippen LogP contribution in [-0.4, -0.2) is 12.7 Å². The third-order valence-corrected chi connectivity index (χ3v) is 3.14. The fourth-order valence-electron chi connectivity index (χ4n) is 1.82. The standard InChI is InChI=1S/C11H13BrFN/c12-9-3-1-8(2-4-9)11-7-10(13)5-6-14-11/h1-4,10-11,14H,5-7H2. The van der Waals surface area contributed by atoms with E-state index in [4.69, 9.17) is 0 Å². The molecule has 0 aliphatic carbocycles. The van der Waals surface area contributed by atoms with Gasteiger partial charge in [-0.1, -0.05) is 28.1 Å². The second-order valence-corrected chi connectivity index (χ2v) is 4.60. The maximum atomic E-state index is 13.1. The molecule has 1 heterocycles. The molecule has 0 bridgehead atoms. The average Bonchev–Trinajstić information content (AvgIpc) is 2.19. The number of benzene rings is 1. The molecule has 1 N–H and O–H groups in total. The molecular weight excluding hydrogens is 245 g/mol. The van der Waals surface area contributed by atoms with E-state index in [-0.39, 0.29) is 6.04 Å². The Balaban J connectivity index is 2.10. The zero-order chi connectivity index (χ0) is 9.97. The van der Waals surface area contributed by atoms with Crippen LogP contribution in [0.1, 0.15) is 24.4 Å². The van der Waals surface area contributed by atoms with Gasteiger partial charge in [0.05, 0.1) is 0 Å². The molecule has 1 nitrogen and oxygen atoms in total. The number of rotatable bonds is 1. The van der Waals surface area contributed by atoms with Crippen LogP contribution in [0.3, 0.4) is 0 Å². The first-order valence-corrected chi connectivity index (χ1v) is 5.68. The first-order chi connectivity index (χ1) is 6.75. The van der Waals surface area contributed by atoms with E-state index in [1.807, 2.05) is 24.3 Å². The van der Waals surface area contributed by atoms with Crippen molar-refractivity contribution in [2.45, 2.75) is 25.1 Å². The van der Waals surface area contributed by atoms with Gasteiger partial charge in [-0.25, -0.2) is 4.39 Å². The number of piperidine rings is 1. The van der Waals surface area contributed by atoms with E-state index in [0.717, 1.165) is 11.0 Å². The van der Waals surface area contributed by atoms with Gasteiger partial charge in [0.2, 0.25) is 0 Å². The summed E-state index contributed by atoms with van der Waals surface area (Å²) in [6.07, 6.45) is 0.596. The van der Waals surface area contributed by atoms with Crippen molar-refractivity contribution in [1.29, 1.82) is 0 Å². The second-order valence-electron chi connectivity index (χ2n) is 3.68. The Morgan fingerprint density at radius 3 is 2.64 bits per heavy atom. The van der Waals surface area contributed by atoms with Gasteiger partial charge in [0.25, 0.3) is 0 Å². The van der Waals surface area contributed by atoms with Gasteiger partial charge in [-0.3, -0.25) is 0 Å². The van der Waals surface area contributed by atoms with Crippen molar-refractivity contribution in [3.05, 3.63) is 34.3 Å². The zero-order valence-electron chi connectivity index (χ0n) is 7.84.